The summed E-state index contributed by atoms with van der Waals surface area (Å²) < 4.78 is 20.3. The average molecular weight is 668 g/mol. The van der Waals surface area contributed by atoms with Crippen LogP contribution >= 0.6 is 0 Å². The molecule has 264 valence electrons. The van der Waals surface area contributed by atoms with Crippen LogP contribution in [0.5, 0.6) is 0 Å². The quantitative estimate of drug-likeness (QED) is 0.117. The molecular weight excluding hydrogens is 618 g/mol. The number of hydrogen-bond acceptors (Lipinski definition) is 11. The smallest absolute Gasteiger partial charge is 0.408 e. The van der Waals surface area contributed by atoms with Crippen LogP contribution in [0.1, 0.15) is 66.9 Å². The predicted molar refractivity (Wildman–Crippen MR) is 169 cm³/mol. The van der Waals surface area contributed by atoms with Crippen LogP contribution in [0, 0.1) is 0 Å². The molecule has 1 aromatic rings. The fraction of sp³-hybridized carbons (Fsp3) is 0.613. The van der Waals surface area contributed by atoms with E-state index in [0.29, 0.717) is 5.56 Å². The number of methoxy groups -OCH3 is 1. The third kappa shape index (κ3) is 17.6. The number of nitrogens with one attached hydrogen (secondary N) is 5. The maximum absolute atomic E-state index is 13.3. The number of ether oxygens (including phenoxy) is 4. The molecule has 4 atom stereocenters. The van der Waals surface area contributed by atoms with Gasteiger partial charge in [0.1, 0.15) is 35.9 Å². The van der Waals surface area contributed by atoms with Crippen LogP contribution in [0.4, 0.5) is 14.4 Å². The van der Waals surface area contributed by atoms with Crippen molar-refractivity contribution in [1.29, 1.82) is 0 Å². The highest BCUT2D eigenvalue weighted by Gasteiger charge is 2.33. The molecule has 0 saturated carbocycles. The lowest BCUT2D eigenvalue weighted by Crippen LogP contribution is -2.59. The molecular formula is C31H49N5O11. The van der Waals surface area contributed by atoms with Crippen molar-refractivity contribution in [2.45, 2.75) is 103 Å². The maximum atomic E-state index is 13.3. The number of amides is 5. The summed E-state index contributed by atoms with van der Waals surface area (Å²) in [5.74, 6) is -2.68. The van der Waals surface area contributed by atoms with Crippen LogP contribution < -0.4 is 26.6 Å². The normalized spacial score (nSPS) is 13.8. The molecule has 0 radical (unpaired) electrons. The van der Waals surface area contributed by atoms with Gasteiger partial charge < -0.3 is 50.6 Å². The highest BCUT2D eigenvalue weighted by Crippen LogP contribution is 2.08. The van der Waals surface area contributed by atoms with Crippen LogP contribution in [-0.4, -0.2) is 96.8 Å². The highest BCUT2D eigenvalue weighted by molar-refractivity contribution is 5.93. The first-order valence-corrected chi connectivity index (χ1v) is 15.1. The Morgan fingerprint density at radius 1 is 0.723 bits per heavy atom. The Labute approximate surface area is 275 Å². The second-order valence-corrected chi connectivity index (χ2v) is 12.5. The van der Waals surface area contributed by atoms with Gasteiger partial charge in [0, 0.05) is 13.1 Å². The van der Waals surface area contributed by atoms with Gasteiger partial charge in [-0.25, -0.2) is 19.2 Å². The van der Waals surface area contributed by atoms with Crippen molar-refractivity contribution in [2.75, 3.05) is 20.2 Å². The predicted octanol–water partition coefficient (Wildman–Crippen LogP) is 1.63. The minimum Gasteiger partial charge on any atom is -0.467 e. The van der Waals surface area contributed by atoms with E-state index in [1.807, 2.05) is 0 Å². The van der Waals surface area contributed by atoms with E-state index in [2.05, 4.69) is 26.6 Å². The second kappa shape index (κ2) is 19.2. The zero-order valence-electron chi connectivity index (χ0n) is 28.3. The minimum atomic E-state index is -1.59. The third-order valence-corrected chi connectivity index (χ3v) is 5.89. The highest BCUT2D eigenvalue weighted by atomic mass is 16.6. The van der Waals surface area contributed by atoms with E-state index < -0.39 is 71.5 Å². The van der Waals surface area contributed by atoms with Crippen LogP contribution in [0.15, 0.2) is 30.3 Å². The Morgan fingerprint density at radius 3 is 1.70 bits per heavy atom. The summed E-state index contributed by atoms with van der Waals surface area (Å²) in [5, 5.41) is 22.5. The fourth-order valence-corrected chi connectivity index (χ4v) is 3.75. The molecule has 0 spiro atoms. The van der Waals surface area contributed by atoms with E-state index in [9.17, 15) is 33.9 Å². The first-order valence-electron chi connectivity index (χ1n) is 15.1. The van der Waals surface area contributed by atoms with Crippen LogP contribution in [0.25, 0.3) is 0 Å². The number of aliphatic hydroxyl groups is 1. The molecule has 0 bridgehead atoms. The zero-order valence-corrected chi connectivity index (χ0v) is 28.3. The lowest BCUT2D eigenvalue weighted by atomic mass is 10.1. The fourth-order valence-electron chi connectivity index (χ4n) is 3.75. The summed E-state index contributed by atoms with van der Waals surface area (Å²) in [5.41, 5.74) is -0.825. The van der Waals surface area contributed by atoms with E-state index in [0.717, 1.165) is 7.11 Å². The van der Waals surface area contributed by atoms with Gasteiger partial charge in [-0.3, -0.25) is 9.59 Å². The lowest BCUT2D eigenvalue weighted by Gasteiger charge is -2.26. The molecule has 0 aliphatic rings. The molecule has 0 heterocycles. The Bertz CT molecular complexity index is 1200. The second-order valence-electron chi connectivity index (χ2n) is 12.5. The molecule has 16 heteroatoms. The van der Waals surface area contributed by atoms with Crippen molar-refractivity contribution in [3.05, 3.63) is 35.9 Å². The number of carbonyl (C=O) groups excluding carboxylic acids is 6. The van der Waals surface area contributed by atoms with Gasteiger partial charge >= 0.3 is 24.2 Å². The largest absolute Gasteiger partial charge is 0.467 e. The van der Waals surface area contributed by atoms with Gasteiger partial charge in [0.2, 0.25) is 11.8 Å². The van der Waals surface area contributed by atoms with Crippen LogP contribution in [0.3, 0.4) is 0 Å². The Morgan fingerprint density at radius 2 is 1.23 bits per heavy atom. The zero-order chi connectivity index (χ0) is 35.8. The number of alkyl carbamates (subject to hydrolysis) is 3. The molecule has 0 saturated heterocycles. The monoisotopic (exact) mass is 667 g/mol. The van der Waals surface area contributed by atoms with Gasteiger partial charge in [-0.15, -0.1) is 0 Å². The van der Waals surface area contributed by atoms with Gasteiger partial charge in [-0.2, -0.15) is 0 Å². The number of esters is 1. The van der Waals surface area contributed by atoms with Gasteiger partial charge in [0.15, 0.2) is 0 Å². The SMILES string of the molecule is COC(=O)[C@H](CCNC(=O)OC(C)(C)C)NC(=O)[C@@H](NC(=O)[C@H](CCNC(=O)OC(C)(C)C)NC(=O)OCc1ccccc1)[C@@H](C)O. The average Bonchev–Trinajstić information content (AvgIpc) is 2.95. The summed E-state index contributed by atoms with van der Waals surface area (Å²) in [4.78, 5) is 75.6. The number of aliphatic hydroxyl groups excluding tert-OH is 1. The van der Waals surface area contributed by atoms with E-state index >= 15 is 0 Å². The van der Waals surface area contributed by atoms with Crippen LogP contribution in [-0.2, 0) is 39.9 Å². The first-order chi connectivity index (χ1) is 21.8. The number of rotatable bonds is 15. The topological polar surface area (TPSA) is 220 Å². The van der Waals surface area contributed by atoms with E-state index in [-0.39, 0.29) is 32.5 Å². The summed E-state index contributed by atoms with van der Waals surface area (Å²) >= 11 is 0. The number of hydrogen-bond donors (Lipinski definition) is 6. The molecule has 1 rings (SSSR count). The standard InChI is InChI=1S/C31H49N5O11/c1-19(37)23(25(39)34-22(26(40)44-8)15-17-33-28(42)47-31(5,6)7)36-24(38)21(14-16-32-27(41)46-30(2,3)4)35-29(43)45-18-20-12-10-9-11-13-20/h9-13,19,21-23,37H,14-18H2,1-8H3,(H,32,41)(H,33,42)(H,34,39)(H,35,43)(H,36,38)/t19-,21+,22+,23+/m1/s1. The Balaban J connectivity index is 2.98. The first kappa shape index (κ1) is 40.4. The Kier molecular flexibility index (Phi) is 16.5. The molecule has 0 fully saturated rings. The van der Waals surface area contributed by atoms with Crippen molar-refractivity contribution in [1.82, 2.24) is 26.6 Å². The Hall–Kier alpha value is -4.60. The molecule has 0 unspecified atom stereocenters. The van der Waals surface area contributed by atoms with E-state index in [4.69, 9.17) is 18.9 Å². The van der Waals surface area contributed by atoms with Crippen molar-refractivity contribution in [3.8, 4) is 0 Å². The molecule has 5 amide bonds. The minimum absolute atomic E-state index is 0.0810. The maximum Gasteiger partial charge on any atom is 0.408 e. The molecule has 0 aliphatic carbocycles. The van der Waals surface area contributed by atoms with Crippen molar-refractivity contribution in [3.63, 3.8) is 0 Å². The van der Waals surface area contributed by atoms with E-state index in [1.54, 1.807) is 71.9 Å². The summed E-state index contributed by atoms with van der Waals surface area (Å²) in [7, 11) is 1.11. The summed E-state index contributed by atoms with van der Waals surface area (Å²) in [6.45, 7) is 11.0. The van der Waals surface area contributed by atoms with Crippen molar-refractivity contribution < 1.29 is 52.8 Å². The lowest BCUT2D eigenvalue weighted by molar-refractivity contribution is -0.146. The van der Waals surface area contributed by atoms with Crippen molar-refractivity contribution >= 4 is 36.1 Å². The third-order valence-electron chi connectivity index (χ3n) is 5.89. The molecule has 0 aromatic heterocycles. The molecule has 0 aliphatic heterocycles. The summed E-state index contributed by atoms with van der Waals surface area (Å²) in [6.07, 6.45) is -4.15. The van der Waals surface area contributed by atoms with Gasteiger partial charge in [0.25, 0.3) is 0 Å². The summed E-state index contributed by atoms with van der Waals surface area (Å²) in [6, 6.07) is 4.61. The molecule has 1 aromatic carbocycles. The number of carbonyl (C=O) groups is 6. The molecule has 16 nitrogen and oxygen atoms in total. The molecule has 47 heavy (non-hydrogen) atoms. The number of benzene rings is 1. The van der Waals surface area contributed by atoms with Crippen LogP contribution in [0.2, 0.25) is 0 Å². The van der Waals surface area contributed by atoms with E-state index in [1.165, 1.54) is 6.92 Å². The van der Waals surface area contributed by atoms with Gasteiger partial charge in [-0.1, -0.05) is 30.3 Å². The van der Waals surface area contributed by atoms with Crippen molar-refractivity contribution in [2.24, 2.45) is 0 Å². The van der Waals surface area contributed by atoms with Gasteiger partial charge in [0.05, 0.1) is 13.2 Å². The van der Waals surface area contributed by atoms with Gasteiger partial charge in [-0.05, 0) is 66.9 Å². The molecule has 6 N–H and O–H groups in total.